The number of nitrogens with zero attached hydrogens (tertiary/aromatic N) is 2. The first-order chi connectivity index (χ1) is 12.5. The van der Waals surface area contributed by atoms with Crippen molar-refractivity contribution in [1.29, 1.82) is 0 Å². The lowest BCUT2D eigenvalue weighted by atomic mass is 10.1. The number of nitrogens with one attached hydrogen (secondary N) is 1. The summed E-state index contributed by atoms with van der Waals surface area (Å²) in [6, 6.07) is 9.25. The first kappa shape index (κ1) is 21.4. The Hall–Kier alpha value is -1.95. The number of amides is 1. The molecule has 0 saturated heterocycles. The van der Waals surface area contributed by atoms with Crippen molar-refractivity contribution >= 4 is 53.0 Å². The third-order valence-electron chi connectivity index (χ3n) is 3.95. The summed E-state index contributed by atoms with van der Waals surface area (Å²) in [5.41, 5.74) is 2.46. The van der Waals surface area contributed by atoms with Crippen molar-refractivity contribution in [3.05, 3.63) is 57.8 Å². The van der Waals surface area contributed by atoms with E-state index in [9.17, 15) is 4.79 Å². The van der Waals surface area contributed by atoms with E-state index in [4.69, 9.17) is 27.9 Å². The normalized spacial score (nSPS) is 10.5. The fraction of sp³-hybridized carbons (Fsp3) is 0.263. The maximum Gasteiger partial charge on any atom is 0.222 e. The lowest BCUT2D eigenvalue weighted by Crippen LogP contribution is -2.09. The third-order valence-corrected chi connectivity index (χ3v) is 4.53. The van der Waals surface area contributed by atoms with Crippen LogP contribution in [0.25, 0.3) is 5.65 Å². The third kappa shape index (κ3) is 5.06. The highest BCUT2D eigenvalue weighted by Gasteiger charge is 2.13. The monoisotopic (exact) mass is 427 g/mol. The van der Waals surface area contributed by atoms with Gasteiger partial charge in [0, 0.05) is 23.2 Å². The molecule has 3 aromatic rings. The van der Waals surface area contributed by atoms with Gasteiger partial charge < -0.3 is 10.1 Å². The van der Waals surface area contributed by atoms with Gasteiger partial charge in [-0.05, 0) is 49.6 Å². The largest absolute Gasteiger partial charge is 0.490 e. The minimum atomic E-state index is -0.138. The molecule has 1 amide bonds. The van der Waals surface area contributed by atoms with Crippen LogP contribution in [-0.2, 0) is 11.2 Å². The lowest BCUT2D eigenvalue weighted by molar-refractivity contribution is -0.114. The second kappa shape index (κ2) is 9.31. The Bertz CT molecular complexity index is 957. The zero-order chi connectivity index (χ0) is 18.7. The van der Waals surface area contributed by atoms with Gasteiger partial charge in [0.1, 0.15) is 5.82 Å². The smallest absolute Gasteiger partial charge is 0.222 e. The molecule has 0 spiro atoms. The predicted octanol–water partition coefficient (Wildman–Crippen LogP) is 5.34. The van der Waals surface area contributed by atoms with Crippen LogP contribution in [0.5, 0.6) is 5.75 Å². The number of carbonyl (C=O) groups is 1. The molecule has 2 aromatic heterocycles. The lowest BCUT2D eigenvalue weighted by Gasteiger charge is -2.09. The number of hydrogen-bond acceptors (Lipinski definition) is 3. The summed E-state index contributed by atoms with van der Waals surface area (Å²) in [7, 11) is 0. The summed E-state index contributed by atoms with van der Waals surface area (Å²) in [6.45, 7) is 3.85. The SMILES string of the molecule is CC(=O)Nc1c(C)nc2c(OCCCc3ccc(Cl)cc3Cl)cccn12.Cl. The van der Waals surface area contributed by atoms with Crippen molar-refractivity contribution < 1.29 is 9.53 Å². The molecular weight excluding hydrogens is 409 g/mol. The van der Waals surface area contributed by atoms with Crippen molar-refractivity contribution in [3.63, 3.8) is 0 Å². The summed E-state index contributed by atoms with van der Waals surface area (Å²) >= 11 is 12.1. The molecule has 27 heavy (non-hydrogen) atoms. The number of benzene rings is 1. The van der Waals surface area contributed by atoms with Gasteiger partial charge in [-0.3, -0.25) is 9.20 Å². The van der Waals surface area contributed by atoms with Gasteiger partial charge in [-0.2, -0.15) is 0 Å². The van der Waals surface area contributed by atoms with Gasteiger partial charge in [0.25, 0.3) is 0 Å². The molecule has 1 aromatic carbocycles. The van der Waals surface area contributed by atoms with E-state index >= 15 is 0 Å². The zero-order valence-electron chi connectivity index (χ0n) is 15.0. The fourth-order valence-corrected chi connectivity index (χ4v) is 3.26. The number of imidazole rings is 1. The number of hydrogen-bond donors (Lipinski definition) is 1. The van der Waals surface area contributed by atoms with E-state index in [0.717, 1.165) is 24.1 Å². The first-order valence-corrected chi connectivity index (χ1v) is 9.03. The Morgan fingerprint density at radius 1 is 1.30 bits per heavy atom. The molecular formula is C19H20Cl3N3O2. The highest BCUT2D eigenvalue weighted by molar-refractivity contribution is 6.35. The predicted molar refractivity (Wildman–Crippen MR) is 112 cm³/mol. The Balaban J connectivity index is 0.00000261. The van der Waals surface area contributed by atoms with Crippen LogP contribution in [-0.4, -0.2) is 21.9 Å². The van der Waals surface area contributed by atoms with E-state index in [2.05, 4.69) is 10.3 Å². The van der Waals surface area contributed by atoms with Crippen molar-refractivity contribution in [2.24, 2.45) is 0 Å². The number of halogens is 3. The summed E-state index contributed by atoms with van der Waals surface area (Å²) in [5, 5.41) is 4.10. The van der Waals surface area contributed by atoms with Crippen LogP contribution in [0, 0.1) is 6.92 Å². The van der Waals surface area contributed by atoms with Gasteiger partial charge in [0.15, 0.2) is 11.4 Å². The number of pyridine rings is 1. The van der Waals surface area contributed by atoms with Gasteiger partial charge in [-0.25, -0.2) is 4.98 Å². The molecule has 3 rings (SSSR count). The summed E-state index contributed by atoms with van der Waals surface area (Å²) in [4.78, 5) is 15.9. The van der Waals surface area contributed by atoms with E-state index in [1.165, 1.54) is 6.92 Å². The molecule has 0 bridgehead atoms. The van der Waals surface area contributed by atoms with E-state index < -0.39 is 0 Å². The van der Waals surface area contributed by atoms with Crippen molar-refractivity contribution in [2.75, 3.05) is 11.9 Å². The average molecular weight is 429 g/mol. The molecule has 0 aliphatic carbocycles. The Labute approximate surface area is 174 Å². The van der Waals surface area contributed by atoms with Crippen LogP contribution in [0.3, 0.4) is 0 Å². The molecule has 0 unspecified atom stereocenters. The molecule has 2 heterocycles. The van der Waals surface area contributed by atoms with Crippen LogP contribution in [0.15, 0.2) is 36.5 Å². The summed E-state index contributed by atoms with van der Waals surface area (Å²) in [5.74, 6) is 1.20. The maximum atomic E-state index is 11.4. The number of anilines is 1. The van der Waals surface area contributed by atoms with Crippen LogP contribution < -0.4 is 10.1 Å². The molecule has 0 atom stereocenters. The van der Waals surface area contributed by atoms with E-state index in [1.807, 2.05) is 41.8 Å². The van der Waals surface area contributed by atoms with Crippen molar-refractivity contribution in [3.8, 4) is 5.75 Å². The van der Waals surface area contributed by atoms with Gasteiger partial charge in [0.2, 0.25) is 5.91 Å². The molecule has 1 N–H and O–H groups in total. The molecule has 0 aliphatic rings. The summed E-state index contributed by atoms with van der Waals surface area (Å²) < 4.78 is 7.73. The van der Waals surface area contributed by atoms with Crippen LogP contribution in [0.4, 0.5) is 5.82 Å². The first-order valence-electron chi connectivity index (χ1n) is 8.27. The van der Waals surface area contributed by atoms with E-state index in [1.54, 1.807) is 6.07 Å². The number of rotatable bonds is 6. The van der Waals surface area contributed by atoms with Crippen molar-refractivity contribution in [2.45, 2.75) is 26.7 Å². The van der Waals surface area contributed by atoms with Crippen LogP contribution >= 0.6 is 35.6 Å². The molecule has 5 nitrogen and oxygen atoms in total. The van der Waals surface area contributed by atoms with Crippen LogP contribution in [0.1, 0.15) is 24.6 Å². The number of aromatic nitrogens is 2. The number of fused-ring (bicyclic) bond motifs is 1. The molecule has 0 fully saturated rings. The zero-order valence-corrected chi connectivity index (χ0v) is 17.3. The maximum absolute atomic E-state index is 11.4. The molecule has 0 radical (unpaired) electrons. The second-order valence-corrected chi connectivity index (χ2v) is 6.82. The number of carbonyl (C=O) groups excluding carboxylic acids is 1. The van der Waals surface area contributed by atoms with E-state index in [-0.39, 0.29) is 18.3 Å². The minimum Gasteiger partial charge on any atom is -0.490 e. The van der Waals surface area contributed by atoms with Crippen molar-refractivity contribution in [1.82, 2.24) is 9.38 Å². The number of ether oxygens (including phenoxy) is 1. The topological polar surface area (TPSA) is 55.6 Å². The number of aryl methyl sites for hydroxylation is 2. The molecule has 0 aliphatic heterocycles. The standard InChI is InChI=1S/C19H19Cl2N3O2.ClH/c1-12-18(23-13(2)25)24-9-3-6-17(19(24)22-12)26-10-4-5-14-7-8-15(20)11-16(14)21;/h3,6-9,11H,4-5,10H2,1-2H3,(H,23,25);1H. The molecule has 8 heteroatoms. The van der Waals surface area contributed by atoms with E-state index in [0.29, 0.717) is 33.9 Å². The quantitative estimate of drug-likeness (QED) is 0.539. The van der Waals surface area contributed by atoms with Gasteiger partial charge in [-0.15, -0.1) is 12.4 Å². The second-order valence-electron chi connectivity index (χ2n) is 5.98. The fourth-order valence-electron chi connectivity index (χ4n) is 2.76. The van der Waals surface area contributed by atoms with Crippen LogP contribution in [0.2, 0.25) is 10.0 Å². The Morgan fingerprint density at radius 2 is 2.07 bits per heavy atom. The highest BCUT2D eigenvalue weighted by Crippen LogP contribution is 2.26. The summed E-state index contributed by atoms with van der Waals surface area (Å²) in [6.07, 6.45) is 3.45. The average Bonchev–Trinajstić information content (AvgIpc) is 2.89. The Morgan fingerprint density at radius 3 is 2.78 bits per heavy atom. The molecule has 0 saturated carbocycles. The molecule has 144 valence electrons. The van der Waals surface area contributed by atoms with Gasteiger partial charge >= 0.3 is 0 Å². The van der Waals surface area contributed by atoms with Gasteiger partial charge in [0.05, 0.1) is 12.3 Å². The van der Waals surface area contributed by atoms with Gasteiger partial charge in [-0.1, -0.05) is 29.3 Å². The minimum absolute atomic E-state index is 0. The highest BCUT2D eigenvalue weighted by atomic mass is 35.5. The Kier molecular flexibility index (Phi) is 7.36.